The predicted molar refractivity (Wildman–Crippen MR) is 97.5 cm³/mol. The van der Waals surface area contributed by atoms with Gasteiger partial charge in [0.15, 0.2) is 0 Å². The first-order chi connectivity index (χ1) is 12.7. The number of amides is 3. The number of hydrogen-bond acceptors (Lipinski definition) is 5. The van der Waals surface area contributed by atoms with Gasteiger partial charge in [0.1, 0.15) is 6.04 Å². The van der Waals surface area contributed by atoms with Gasteiger partial charge in [-0.3, -0.25) is 4.79 Å². The molecule has 10 nitrogen and oxygen atoms in total. The first-order valence-electron chi connectivity index (χ1n) is 8.23. The summed E-state index contributed by atoms with van der Waals surface area (Å²) in [7, 11) is -2.66. The highest BCUT2D eigenvalue weighted by atomic mass is 32.2. The van der Waals surface area contributed by atoms with Crippen molar-refractivity contribution in [2.45, 2.75) is 24.3 Å². The number of nitrogens with zero attached hydrogens (tertiary/aromatic N) is 1. The maximum atomic E-state index is 12.4. The summed E-state index contributed by atoms with van der Waals surface area (Å²) in [4.78, 5) is 34.8. The number of carbonyl (C=O) groups is 3. The van der Waals surface area contributed by atoms with Crippen molar-refractivity contribution in [1.29, 1.82) is 0 Å². The van der Waals surface area contributed by atoms with Gasteiger partial charge in [-0.2, -0.15) is 4.31 Å². The van der Waals surface area contributed by atoms with E-state index in [9.17, 15) is 22.8 Å². The Morgan fingerprint density at radius 3 is 2.33 bits per heavy atom. The average molecular weight is 400 g/mol. The molecule has 3 amide bonds. The van der Waals surface area contributed by atoms with E-state index in [4.69, 9.17) is 5.11 Å². The minimum absolute atomic E-state index is 0.0179. The van der Waals surface area contributed by atoms with E-state index in [1.165, 1.54) is 19.2 Å². The number of hydrogen-bond donors (Lipinski definition) is 4. The number of likely N-dealkylation sites (N-methyl/N-ethyl adjacent to an activating group) is 1. The number of carboxylic acids is 1. The molecule has 0 heterocycles. The molecule has 0 saturated heterocycles. The minimum Gasteiger partial charge on any atom is -0.480 e. The second kappa shape index (κ2) is 10.5. The third-order valence-corrected chi connectivity index (χ3v) is 5.27. The van der Waals surface area contributed by atoms with Crippen LogP contribution in [0, 0.1) is 0 Å². The Hall–Kier alpha value is -2.66. The average Bonchev–Trinajstić information content (AvgIpc) is 2.63. The van der Waals surface area contributed by atoms with Gasteiger partial charge in [-0.15, -0.1) is 0 Å². The quantitative estimate of drug-likeness (QED) is 0.420. The second-order valence-electron chi connectivity index (χ2n) is 5.67. The molecule has 0 fully saturated rings. The normalized spacial score (nSPS) is 12.3. The summed E-state index contributed by atoms with van der Waals surface area (Å²) in [5.41, 5.74) is 0. The molecule has 0 aromatic heterocycles. The van der Waals surface area contributed by atoms with Gasteiger partial charge in [-0.25, -0.2) is 18.0 Å². The molecule has 0 aliphatic rings. The Bertz CT molecular complexity index is 753. The van der Waals surface area contributed by atoms with E-state index in [2.05, 4.69) is 16.0 Å². The Morgan fingerprint density at radius 1 is 1.15 bits per heavy atom. The van der Waals surface area contributed by atoms with Crippen molar-refractivity contribution in [2.75, 3.05) is 26.7 Å². The topological polar surface area (TPSA) is 145 Å². The number of rotatable bonds is 10. The fraction of sp³-hybridized carbons (Fsp3) is 0.438. The molecule has 1 aromatic rings. The maximum absolute atomic E-state index is 12.4. The third kappa shape index (κ3) is 7.23. The third-order valence-electron chi connectivity index (χ3n) is 3.45. The van der Waals surface area contributed by atoms with Gasteiger partial charge >= 0.3 is 12.0 Å². The van der Waals surface area contributed by atoms with E-state index in [-0.39, 0.29) is 11.4 Å². The van der Waals surface area contributed by atoms with Gasteiger partial charge in [0.05, 0.1) is 18.0 Å². The molecular weight excluding hydrogens is 376 g/mol. The molecule has 27 heavy (non-hydrogen) atoms. The molecule has 4 N–H and O–H groups in total. The zero-order chi connectivity index (χ0) is 20.4. The molecular formula is C16H24N4O6S. The number of benzene rings is 1. The number of nitrogens with one attached hydrogen (secondary N) is 3. The fourth-order valence-corrected chi connectivity index (χ4v) is 3.14. The summed E-state index contributed by atoms with van der Waals surface area (Å²) in [5.74, 6) is -2.16. The van der Waals surface area contributed by atoms with Crippen LogP contribution in [0.2, 0.25) is 0 Å². The highest BCUT2D eigenvalue weighted by Gasteiger charge is 2.26. The van der Waals surface area contributed by atoms with Crippen LogP contribution in [0.15, 0.2) is 35.2 Å². The van der Waals surface area contributed by atoms with Crippen LogP contribution in [0.5, 0.6) is 0 Å². The van der Waals surface area contributed by atoms with Crippen molar-refractivity contribution in [3.63, 3.8) is 0 Å². The molecule has 0 aliphatic carbocycles. The molecule has 1 rings (SSSR count). The highest BCUT2D eigenvalue weighted by Crippen LogP contribution is 2.12. The number of sulfonamides is 1. The molecule has 1 unspecified atom stereocenters. The largest absolute Gasteiger partial charge is 0.480 e. The summed E-state index contributed by atoms with van der Waals surface area (Å²) in [6.07, 6.45) is 0.717. The Balaban J connectivity index is 2.63. The van der Waals surface area contributed by atoms with Crippen LogP contribution in [0.4, 0.5) is 4.79 Å². The monoisotopic (exact) mass is 400 g/mol. The summed E-state index contributed by atoms with van der Waals surface area (Å²) >= 11 is 0. The summed E-state index contributed by atoms with van der Waals surface area (Å²) < 4.78 is 25.6. The van der Waals surface area contributed by atoms with Crippen LogP contribution in [0.25, 0.3) is 0 Å². The molecule has 0 radical (unpaired) electrons. The van der Waals surface area contributed by atoms with Gasteiger partial charge in [0, 0.05) is 13.6 Å². The minimum atomic E-state index is -3.88. The zero-order valence-electron chi connectivity index (χ0n) is 15.1. The Labute approximate surface area is 158 Å². The van der Waals surface area contributed by atoms with Crippen LogP contribution in [-0.2, 0) is 19.6 Å². The van der Waals surface area contributed by atoms with E-state index in [1.54, 1.807) is 18.2 Å². The highest BCUT2D eigenvalue weighted by molar-refractivity contribution is 7.89. The van der Waals surface area contributed by atoms with E-state index in [0.717, 1.165) is 10.7 Å². The van der Waals surface area contributed by atoms with E-state index in [0.29, 0.717) is 6.54 Å². The van der Waals surface area contributed by atoms with Crippen molar-refractivity contribution in [2.24, 2.45) is 0 Å². The van der Waals surface area contributed by atoms with Crippen LogP contribution in [0.1, 0.15) is 13.3 Å². The maximum Gasteiger partial charge on any atom is 0.328 e. The van der Waals surface area contributed by atoms with E-state index >= 15 is 0 Å². The van der Waals surface area contributed by atoms with Crippen molar-refractivity contribution in [3.05, 3.63) is 30.3 Å². The second-order valence-corrected chi connectivity index (χ2v) is 7.71. The number of urea groups is 1. The van der Waals surface area contributed by atoms with Crippen molar-refractivity contribution < 1.29 is 27.9 Å². The number of carboxylic acid groups (broad SMARTS) is 1. The first kappa shape index (κ1) is 22.4. The Morgan fingerprint density at radius 2 is 1.78 bits per heavy atom. The lowest BCUT2D eigenvalue weighted by Gasteiger charge is -2.19. The number of aliphatic carboxylic acids is 1. The first-order valence-corrected chi connectivity index (χ1v) is 9.67. The Kier molecular flexibility index (Phi) is 8.69. The molecule has 1 atom stereocenters. The van der Waals surface area contributed by atoms with Gasteiger partial charge < -0.3 is 21.1 Å². The van der Waals surface area contributed by atoms with Crippen LogP contribution in [0.3, 0.4) is 0 Å². The van der Waals surface area contributed by atoms with Crippen LogP contribution >= 0.6 is 0 Å². The molecule has 0 spiro atoms. The van der Waals surface area contributed by atoms with Crippen molar-refractivity contribution in [1.82, 2.24) is 20.3 Å². The van der Waals surface area contributed by atoms with Gasteiger partial charge in [-0.1, -0.05) is 25.1 Å². The lowest BCUT2D eigenvalue weighted by Crippen LogP contribution is -2.52. The summed E-state index contributed by atoms with van der Waals surface area (Å²) in [5, 5.41) is 16.2. The SMILES string of the molecule is CCCNC(=O)NCC(NC(=O)CN(C)S(=O)(=O)c1ccccc1)C(=O)O. The molecule has 1 aromatic carbocycles. The van der Waals surface area contributed by atoms with Crippen LogP contribution in [-0.4, -0.2) is 68.5 Å². The van der Waals surface area contributed by atoms with Crippen molar-refractivity contribution in [3.8, 4) is 0 Å². The van der Waals surface area contributed by atoms with Crippen LogP contribution < -0.4 is 16.0 Å². The van der Waals surface area contributed by atoms with E-state index in [1.807, 2.05) is 6.92 Å². The molecule has 150 valence electrons. The summed E-state index contributed by atoms with van der Waals surface area (Å²) in [6.45, 7) is 1.38. The molecule has 0 aliphatic heterocycles. The smallest absolute Gasteiger partial charge is 0.328 e. The van der Waals surface area contributed by atoms with Gasteiger partial charge in [0.2, 0.25) is 15.9 Å². The lowest BCUT2D eigenvalue weighted by atomic mass is 10.3. The predicted octanol–water partition coefficient (Wildman–Crippen LogP) is -0.414. The molecule has 0 saturated carbocycles. The van der Waals surface area contributed by atoms with E-state index < -0.39 is 40.5 Å². The molecule has 0 bridgehead atoms. The van der Waals surface area contributed by atoms with Gasteiger partial charge in [-0.05, 0) is 18.6 Å². The fourth-order valence-electron chi connectivity index (χ4n) is 2.00. The van der Waals surface area contributed by atoms with Gasteiger partial charge in [0.25, 0.3) is 0 Å². The zero-order valence-corrected chi connectivity index (χ0v) is 16.0. The standard InChI is InChI=1S/C16H24N4O6S/c1-3-9-17-16(24)18-10-13(15(22)23)19-14(21)11-20(2)27(25,26)12-7-5-4-6-8-12/h4-8,13H,3,9-11H2,1-2H3,(H,19,21)(H,22,23)(H2,17,18,24). The lowest BCUT2D eigenvalue weighted by molar-refractivity contribution is -0.141. The summed E-state index contributed by atoms with van der Waals surface area (Å²) in [6, 6.07) is 5.60. The van der Waals surface area contributed by atoms with Crippen molar-refractivity contribution >= 4 is 27.9 Å². The molecule has 11 heteroatoms. The number of carbonyl (C=O) groups excluding carboxylic acids is 2.